The van der Waals surface area contributed by atoms with E-state index in [1.54, 1.807) is 6.20 Å². The first kappa shape index (κ1) is 11.7. The standard InChI is InChI=1S/C13H14ClN3/c1-15-11-6-5-9(8-12(11)16-2)10-4-3-7-17-13(10)14/h3-8,15-16H,1-2H3. The Morgan fingerprint density at radius 2 is 1.82 bits per heavy atom. The average Bonchev–Trinajstić information content (AvgIpc) is 2.38. The molecule has 2 aromatic rings. The average molecular weight is 248 g/mol. The van der Waals surface area contributed by atoms with Crippen molar-refractivity contribution in [1.82, 2.24) is 4.98 Å². The van der Waals surface area contributed by atoms with Gasteiger partial charge in [-0.3, -0.25) is 0 Å². The molecule has 0 saturated heterocycles. The molecule has 0 bridgehead atoms. The predicted octanol–water partition coefficient (Wildman–Crippen LogP) is 3.49. The number of nitrogens with zero attached hydrogens (tertiary/aromatic N) is 1. The number of nitrogens with one attached hydrogen (secondary N) is 2. The first-order chi connectivity index (χ1) is 8.26. The summed E-state index contributed by atoms with van der Waals surface area (Å²) in [5.41, 5.74) is 4.07. The SMILES string of the molecule is CNc1ccc(-c2cccnc2Cl)cc1NC. The number of benzene rings is 1. The highest BCUT2D eigenvalue weighted by Gasteiger charge is 2.06. The molecule has 88 valence electrons. The van der Waals surface area contributed by atoms with Gasteiger partial charge >= 0.3 is 0 Å². The molecule has 1 heterocycles. The minimum Gasteiger partial charge on any atom is -0.386 e. The minimum atomic E-state index is 0.520. The van der Waals surface area contributed by atoms with Gasteiger partial charge in [0.15, 0.2) is 0 Å². The van der Waals surface area contributed by atoms with E-state index in [9.17, 15) is 0 Å². The van der Waals surface area contributed by atoms with Crippen molar-refractivity contribution in [3.63, 3.8) is 0 Å². The summed E-state index contributed by atoms with van der Waals surface area (Å²) < 4.78 is 0. The van der Waals surface area contributed by atoms with E-state index < -0.39 is 0 Å². The molecule has 0 aliphatic rings. The van der Waals surface area contributed by atoms with Crippen molar-refractivity contribution in [2.45, 2.75) is 0 Å². The lowest BCUT2D eigenvalue weighted by molar-refractivity contribution is 1.33. The van der Waals surface area contributed by atoms with Crippen molar-refractivity contribution in [1.29, 1.82) is 0 Å². The van der Waals surface area contributed by atoms with Gasteiger partial charge < -0.3 is 10.6 Å². The van der Waals surface area contributed by atoms with Gasteiger partial charge in [-0.15, -0.1) is 0 Å². The van der Waals surface area contributed by atoms with Crippen LogP contribution in [0.4, 0.5) is 11.4 Å². The Hall–Kier alpha value is -1.74. The Bertz CT molecular complexity index is 526. The largest absolute Gasteiger partial charge is 0.386 e. The first-order valence-corrected chi connectivity index (χ1v) is 5.74. The fraction of sp³-hybridized carbons (Fsp3) is 0.154. The van der Waals surface area contributed by atoms with Crippen molar-refractivity contribution in [3.8, 4) is 11.1 Å². The molecule has 0 spiro atoms. The molecule has 0 aliphatic carbocycles. The maximum atomic E-state index is 6.08. The number of rotatable bonds is 3. The second kappa shape index (κ2) is 5.06. The van der Waals surface area contributed by atoms with Crippen LogP contribution in [0.15, 0.2) is 36.5 Å². The van der Waals surface area contributed by atoms with Crippen LogP contribution in [-0.4, -0.2) is 19.1 Å². The van der Waals surface area contributed by atoms with Gasteiger partial charge in [-0.25, -0.2) is 4.98 Å². The fourth-order valence-electron chi connectivity index (χ4n) is 1.74. The number of hydrogen-bond donors (Lipinski definition) is 2. The van der Waals surface area contributed by atoms with Crippen LogP contribution in [0.2, 0.25) is 5.15 Å². The van der Waals surface area contributed by atoms with Crippen LogP contribution in [0.1, 0.15) is 0 Å². The van der Waals surface area contributed by atoms with Crippen LogP contribution in [0.3, 0.4) is 0 Å². The van der Waals surface area contributed by atoms with Gasteiger partial charge in [0, 0.05) is 25.9 Å². The summed E-state index contributed by atoms with van der Waals surface area (Å²) in [5.74, 6) is 0. The van der Waals surface area contributed by atoms with Crippen molar-refractivity contribution in [2.24, 2.45) is 0 Å². The van der Waals surface area contributed by atoms with E-state index in [1.807, 2.05) is 38.4 Å². The Morgan fingerprint density at radius 1 is 1.06 bits per heavy atom. The molecule has 2 N–H and O–H groups in total. The van der Waals surface area contributed by atoms with E-state index in [0.29, 0.717) is 5.15 Å². The molecule has 1 aromatic heterocycles. The van der Waals surface area contributed by atoms with E-state index in [0.717, 1.165) is 22.5 Å². The Morgan fingerprint density at radius 3 is 2.47 bits per heavy atom. The molecule has 0 atom stereocenters. The number of pyridine rings is 1. The third-order valence-electron chi connectivity index (χ3n) is 2.63. The van der Waals surface area contributed by atoms with Gasteiger partial charge in [0.05, 0.1) is 11.4 Å². The number of hydrogen-bond acceptors (Lipinski definition) is 3. The molecule has 0 amide bonds. The predicted molar refractivity (Wildman–Crippen MR) is 73.8 cm³/mol. The van der Waals surface area contributed by atoms with Crippen LogP contribution in [0.5, 0.6) is 0 Å². The topological polar surface area (TPSA) is 37.0 Å². The lowest BCUT2D eigenvalue weighted by Gasteiger charge is -2.11. The first-order valence-electron chi connectivity index (χ1n) is 5.36. The maximum Gasteiger partial charge on any atom is 0.136 e. The summed E-state index contributed by atoms with van der Waals surface area (Å²) in [4.78, 5) is 4.08. The van der Waals surface area contributed by atoms with E-state index in [1.165, 1.54) is 0 Å². The molecule has 3 nitrogen and oxygen atoms in total. The monoisotopic (exact) mass is 247 g/mol. The van der Waals surface area contributed by atoms with Crippen LogP contribution in [0.25, 0.3) is 11.1 Å². The van der Waals surface area contributed by atoms with Crippen molar-refractivity contribution in [3.05, 3.63) is 41.7 Å². The van der Waals surface area contributed by atoms with Crippen molar-refractivity contribution >= 4 is 23.0 Å². The molecule has 0 saturated carbocycles. The molecule has 17 heavy (non-hydrogen) atoms. The van der Waals surface area contributed by atoms with Crippen LogP contribution >= 0.6 is 11.6 Å². The van der Waals surface area contributed by atoms with E-state index in [4.69, 9.17) is 11.6 Å². The molecule has 2 rings (SSSR count). The zero-order valence-electron chi connectivity index (χ0n) is 9.79. The third-order valence-corrected chi connectivity index (χ3v) is 2.93. The number of halogens is 1. The van der Waals surface area contributed by atoms with Crippen LogP contribution in [0, 0.1) is 0 Å². The highest BCUT2D eigenvalue weighted by molar-refractivity contribution is 6.32. The molecular weight excluding hydrogens is 234 g/mol. The molecule has 0 unspecified atom stereocenters. The summed E-state index contributed by atoms with van der Waals surface area (Å²) in [5, 5.41) is 6.80. The van der Waals surface area contributed by atoms with Gasteiger partial charge in [-0.2, -0.15) is 0 Å². The van der Waals surface area contributed by atoms with E-state index >= 15 is 0 Å². The van der Waals surface area contributed by atoms with Crippen LogP contribution in [-0.2, 0) is 0 Å². The number of anilines is 2. The summed E-state index contributed by atoms with van der Waals surface area (Å²) in [6, 6.07) is 9.93. The molecule has 1 aromatic carbocycles. The molecule has 4 heteroatoms. The van der Waals surface area contributed by atoms with Gasteiger partial charge in [0.2, 0.25) is 0 Å². The van der Waals surface area contributed by atoms with Gasteiger partial charge in [-0.05, 0) is 29.8 Å². The smallest absolute Gasteiger partial charge is 0.136 e. The molecular formula is C13H14ClN3. The maximum absolute atomic E-state index is 6.08. The molecule has 0 aliphatic heterocycles. The number of aromatic nitrogens is 1. The summed E-state index contributed by atoms with van der Waals surface area (Å²) in [6.07, 6.45) is 1.69. The zero-order valence-corrected chi connectivity index (χ0v) is 10.5. The lowest BCUT2D eigenvalue weighted by atomic mass is 10.1. The zero-order chi connectivity index (χ0) is 12.3. The second-order valence-corrected chi connectivity index (χ2v) is 3.96. The van der Waals surface area contributed by atoms with Crippen molar-refractivity contribution < 1.29 is 0 Å². The third kappa shape index (κ3) is 2.34. The lowest BCUT2D eigenvalue weighted by Crippen LogP contribution is -1.96. The Balaban J connectivity index is 2.50. The van der Waals surface area contributed by atoms with E-state index in [-0.39, 0.29) is 0 Å². The van der Waals surface area contributed by atoms with Gasteiger partial charge in [0.25, 0.3) is 0 Å². The molecule has 0 radical (unpaired) electrons. The minimum absolute atomic E-state index is 0.520. The van der Waals surface area contributed by atoms with Gasteiger partial charge in [0.1, 0.15) is 5.15 Å². The highest BCUT2D eigenvalue weighted by atomic mass is 35.5. The Labute approximate surface area is 106 Å². The van der Waals surface area contributed by atoms with Crippen LogP contribution < -0.4 is 10.6 Å². The normalized spacial score (nSPS) is 10.1. The van der Waals surface area contributed by atoms with Crippen molar-refractivity contribution in [2.75, 3.05) is 24.7 Å². The highest BCUT2D eigenvalue weighted by Crippen LogP contribution is 2.31. The van der Waals surface area contributed by atoms with E-state index in [2.05, 4.69) is 21.7 Å². The second-order valence-electron chi connectivity index (χ2n) is 3.60. The van der Waals surface area contributed by atoms with Gasteiger partial charge in [-0.1, -0.05) is 17.7 Å². The Kier molecular flexibility index (Phi) is 3.49. The fourth-order valence-corrected chi connectivity index (χ4v) is 1.97. The molecule has 0 fully saturated rings. The summed E-state index contributed by atoms with van der Waals surface area (Å²) >= 11 is 6.08. The quantitative estimate of drug-likeness (QED) is 0.816. The summed E-state index contributed by atoms with van der Waals surface area (Å²) in [7, 11) is 3.79. The summed E-state index contributed by atoms with van der Waals surface area (Å²) in [6.45, 7) is 0.